The highest BCUT2D eigenvalue weighted by molar-refractivity contribution is 5.86. The lowest BCUT2D eigenvalue weighted by atomic mass is 10.0. The molecule has 4 heteroatoms. The fraction of sp³-hybridized carbons (Fsp3) is 0.0400. The van der Waals surface area contributed by atoms with Crippen LogP contribution in [0, 0.1) is 0 Å². The molecule has 0 unspecified atom stereocenters. The van der Waals surface area contributed by atoms with Crippen LogP contribution in [-0.4, -0.2) is 17.1 Å². The van der Waals surface area contributed by atoms with Gasteiger partial charge >= 0.3 is 0 Å². The van der Waals surface area contributed by atoms with Crippen molar-refractivity contribution in [2.45, 2.75) is 0 Å². The zero-order valence-electron chi connectivity index (χ0n) is 15.9. The fourth-order valence-electron chi connectivity index (χ4n) is 3.35. The summed E-state index contributed by atoms with van der Waals surface area (Å²) in [5, 5.41) is 0. The Bertz CT molecular complexity index is 1260. The third-order valence-corrected chi connectivity index (χ3v) is 4.83. The molecule has 0 spiro atoms. The minimum absolute atomic E-state index is 0.523. The van der Waals surface area contributed by atoms with Crippen molar-refractivity contribution in [1.82, 2.24) is 9.97 Å². The maximum Gasteiger partial charge on any atom is 0.246 e. The van der Waals surface area contributed by atoms with Crippen molar-refractivity contribution in [2.75, 3.05) is 7.11 Å². The molecule has 0 saturated heterocycles. The molecule has 5 rings (SSSR count). The Morgan fingerprint density at radius 1 is 0.655 bits per heavy atom. The van der Waals surface area contributed by atoms with E-state index in [2.05, 4.69) is 0 Å². The summed E-state index contributed by atoms with van der Waals surface area (Å²) >= 11 is 0. The molecular formula is C25H18N2O2. The van der Waals surface area contributed by atoms with Crippen molar-refractivity contribution in [1.29, 1.82) is 0 Å². The molecule has 5 aromatic rings. The number of nitrogens with zero attached hydrogens (tertiary/aromatic N) is 2. The van der Waals surface area contributed by atoms with Crippen LogP contribution in [0.3, 0.4) is 0 Å². The molecule has 0 aliphatic carbocycles. The molecule has 4 nitrogen and oxygen atoms in total. The van der Waals surface area contributed by atoms with Crippen molar-refractivity contribution in [3.63, 3.8) is 0 Å². The number of aromatic nitrogens is 2. The molecule has 0 aliphatic rings. The molecule has 0 N–H and O–H groups in total. The number of methoxy groups -OCH3 is 1. The number of fused-ring (bicyclic) bond motifs is 1. The van der Waals surface area contributed by atoms with E-state index in [-0.39, 0.29) is 0 Å². The maximum atomic E-state index is 6.05. The van der Waals surface area contributed by atoms with Gasteiger partial charge in [-0.25, -0.2) is 9.97 Å². The normalized spacial score (nSPS) is 10.9. The Morgan fingerprint density at radius 3 is 1.90 bits per heavy atom. The third-order valence-electron chi connectivity index (χ3n) is 4.83. The number of rotatable bonds is 4. The summed E-state index contributed by atoms with van der Waals surface area (Å²) in [4.78, 5) is 9.78. The molecule has 0 bridgehead atoms. The van der Waals surface area contributed by atoms with E-state index in [0.717, 1.165) is 45.1 Å². The first-order valence-corrected chi connectivity index (χ1v) is 9.39. The van der Waals surface area contributed by atoms with Gasteiger partial charge in [0.2, 0.25) is 5.71 Å². The highest BCUT2D eigenvalue weighted by atomic mass is 16.5. The monoisotopic (exact) mass is 378 g/mol. The Hall–Kier alpha value is -3.92. The molecule has 0 amide bonds. The second-order valence-corrected chi connectivity index (χ2v) is 6.68. The number of ether oxygens (including phenoxy) is 1. The van der Waals surface area contributed by atoms with Gasteiger partial charge in [0.1, 0.15) is 22.7 Å². The van der Waals surface area contributed by atoms with E-state index in [9.17, 15) is 0 Å². The van der Waals surface area contributed by atoms with E-state index in [4.69, 9.17) is 19.1 Å². The van der Waals surface area contributed by atoms with E-state index < -0.39 is 0 Å². The molecule has 0 atom stereocenters. The molecule has 0 aliphatic heterocycles. The SMILES string of the molecule is COc1ccc(-c2nc3oc(-c4ccccc4)cc3nc2-c2ccccc2)cc1. The summed E-state index contributed by atoms with van der Waals surface area (Å²) in [5.41, 5.74) is 5.82. The van der Waals surface area contributed by atoms with E-state index in [0.29, 0.717) is 5.71 Å². The van der Waals surface area contributed by atoms with E-state index in [1.54, 1.807) is 7.11 Å². The lowest BCUT2D eigenvalue weighted by Crippen LogP contribution is -1.94. The zero-order valence-corrected chi connectivity index (χ0v) is 15.9. The molecule has 0 saturated carbocycles. The first kappa shape index (κ1) is 17.2. The molecule has 2 heterocycles. The molecule has 2 aromatic heterocycles. The molecule has 3 aromatic carbocycles. The summed E-state index contributed by atoms with van der Waals surface area (Å²) in [6, 6.07) is 29.8. The van der Waals surface area contributed by atoms with Gasteiger partial charge in [-0.05, 0) is 24.3 Å². The lowest BCUT2D eigenvalue weighted by Gasteiger charge is -2.09. The van der Waals surface area contributed by atoms with Crippen LogP contribution in [-0.2, 0) is 0 Å². The van der Waals surface area contributed by atoms with E-state index in [1.165, 1.54) is 0 Å². The van der Waals surface area contributed by atoms with Crippen molar-refractivity contribution >= 4 is 11.2 Å². The van der Waals surface area contributed by atoms with Gasteiger partial charge in [0.05, 0.1) is 12.8 Å². The highest BCUT2D eigenvalue weighted by Gasteiger charge is 2.16. The second kappa shape index (κ2) is 7.24. The van der Waals surface area contributed by atoms with Crippen LogP contribution in [0.25, 0.3) is 45.1 Å². The van der Waals surface area contributed by atoms with Crippen LogP contribution in [0.1, 0.15) is 0 Å². The van der Waals surface area contributed by atoms with Crippen LogP contribution in [0.15, 0.2) is 95.4 Å². The first-order valence-electron chi connectivity index (χ1n) is 9.39. The van der Waals surface area contributed by atoms with Crippen molar-refractivity contribution in [3.8, 4) is 39.6 Å². The first-order chi connectivity index (χ1) is 14.3. The van der Waals surface area contributed by atoms with E-state index >= 15 is 0 Å². The van der Waals surface area contributed by atoms with Crippen LogP contribution < -0.4 is 4.74 Å². The van der Waals surface area contributed by atoms with Gasteiger partial charge < -0.3 is 9.15 Å². The van der Waals surface area contributed by atoms with Gasteiger partial charge in [0.15, 0.2) is 0 Å². The molecule has 140 valence electrons. The molecule has 0 radical (unpaired) electrons. The minimum atomic E-state index is 0.523. The predicted octanol–water partition coefficient (Wildman–Crippen LogP) is 6.23. The van der Waals surface area contributed by atoms with Crippen LogP contribution >= 0.6 is 0 Å². The average Bonchev–Trinajstić information content (AvgIpc) is 3.23. The van der Waals surface area contributed by atoms with Gasteiger partial charge in [-0.3, -0.25) is 0 Å². The average molecular weight is 378 g/mol. The number of furan rings is 1. The standard InChI is InChI=1S/C25H18N2O2/c1-28-20-14-12-19(13-15-20)24-23(18-10-6-3-7-11-18)26-21-16-22(29-25(21)27-24)17-8-4-2-5-9-17/h2-16H,1H3. The van der Waals surface area contributed by atoms with Crippen molar-refractivity contribution in [3.05, 3.63) is 91.0 Å². The number of hydrogen-bond acceptors (Lipinski definition) is 4. The van der Waals surface area contributed by atoms with Crippen molar-refractivity contribution in [2.24, 2.45) is 0 Å². The third kappa shape index (κ3) is 3.25. The molecular weight excluding hydrogens is 360 g/mol. The van der Waals surface area contributed by atoms with Crippen molar-refractivity contribution < 1.29 is 9.15 Å². The summed E-state index contributed by atoms with van der Waals surface area (Å²) < 4.78 is 11.3. The Labute approximate surface area is 168 Å². The summed E-state index contributed by atoms with van der Waals surface area (Å²) in [6.45, 7) is 0. The molecule has 29 heavy (non-hydrogen) atoms. The predicted molar refractivity (Wildman–Crippen MR) is 115 cm³/mol. The van der Waals surface area contributed by atoms with Gasteiger partial charge in [0, 0.05) is 22.8 Å². The van der Waals surface area contributed by atoms with Gasteiger partial charge in [-0.2, -0.15) is 0 Å². The Morgan fingerprint density at radius 2 is 1.24 bits per heavy atom. The zero-order chi connectivity index (χ0) is 19.6. The summed E-state index contributed by atoms with van der Waals surface area (Å²) in [6.07, 6.45) is 0. The van der Waals surface area contributed by atoms with Gasteiger partial charge in [-0.15, -0.1) is 0 Å². The van der Waals surface area contributed by atoms with Crippen LogP contribution in [0.5, 0.6) is 5.75 Å². The topological polar surface area (TPSA) is 48.2 Å². The summed E-state index contributed by atoms with van der Waals surface area (Å²) in [5.74, 6) is 1.56. The van der Waals surface area contributed by atoms with Gasteiger partial charge in [-0.1, -0.05) is 60.7 Å². The fourth-order valence-corrected chi connectivity index (χ4v) is 3.35. The minimum Gasteiger partial charge on any atom is -0.497 e. The van der Waals surface area contributed by atoms with E-state index in [1.807, 2.05) is 91.0 Å². The quantitative estimate of drug-likeness (QED) is 0.372. The smallest absolute Gasteiger partial charge is 0.246 e. The largest absolute Gasteiger partial charge is 0.497 e. The maximum absolute atomic E-state index is 6.05. The summed E-state index contributed by atoms with van der Waals surface area (Å²) in [7, 11) is 1.66. The number of hydrogen-bond donors (Lipinski definition) is 0. The van der Waals surface area contributed by atoms with Crippen LogP contribution in [0.4, 0.5) is 0 Å². The molecule has 0 fully saturated rings. The number of benzene rings is 3. The Kier molecular flexibility index (Phi) is 4.30. The Balaban J connectivity index is 1.72. The van der Waals surface area contributed by atoms with Crippen LogP contribution in [0.2, 0.25) is 0 Å². The lowest BCUT2D eigenvalue weighted by molar-refractivity contribution is 0.415. The second-order valence-electron chi connectivity index (χ2n) is 6.68. The highest BCUT2D eigenvalue weighted by Crippen LogP contribution is 2.34. The van der Waals surface area contributed by atoms with Gasteiger partial charge in [0.25, 0.3) is 0 Å².